The van der Waals surface area contributed by atoms with Crippen molar-refractivity contribution in [3.05, 3.63) is 22.9 Å². The number of anilines is 1. The van der Waals surface area contributed by atoms with Crippen molar-refractivity contribution in [2.75, 3.05) is 19.5 Å². The molecule has 6 nitrogen and oxygen atoms in total. The SMILES string of the molecule is COC(=O)Nc1nc2c(o1)=CC=CCC=2OC. The molecule has 1 aliphatic carbocycles. The Morgan fingerprint density at radius 2 is 2.35 bits per heavy atom. The molecule has 1 aromatic rings. The smallest absolute Gasteiger partial charge is 0.414 e. The van der Waals surface area contributed by atoms with Crippen LogP contribution < -0.4 is 16.1 Å². The quantitative estimate of drug-likeness (QED) is 0.802. The average molecular weight is 236 g/mol. The van der Waals surface area contributed by atoms with E-state index in [9.17, 15) is 4.79 Å². The highest BCUT2D eigenvalue weighted by Gasteiger charge is 2.10. The van der Waals surface area contributed by atoms with E-state index < -0.39 is 6.09 Å². The summed E-state index contributed by atoms with van der Waals surface area (Å²) < 4.78 is 15.0. The van der Waals surface area contributed by atoms with E-state index in [1.807, 2.05) is 12.2 Å². The topological polar surface area (TPSA) is 73.6 Å². The van der Waals surface area contributed by atoms with Gasteiger partial charge in [0.25, 0.3) is 0 Å². The van der Waals surface area contributed by atoms with Gasteiger partial charge in [-0.15, -0.1) is 0 Å². The Bertz CT molecular complexity index is 571. The molecule has 1 heterocycles. The average Bonchev–Trinajstić information content (AvgIpc) is 2.62. The molecule has 6 heteroatoms. The van der Waals surface area contributed by atoms with E-state index in [0.717, 1.165) is 0 Å². The summed E-state index contributed by atoms with van der Waals surface area (Å²) in [6, 6.07) is 0.0861. The molecular weight excluding hydrogens is 224 g/mol. The first kappa shape index (κ1) is 11.3. The fourth-order valence-electron chi connectivity index (χ4n) is 1.44. The number of methoxy groups -OCH3 is 2. The van der Waals surface area contributed by atoms with Gasteiger partial charge in [-0.3, -0.25) is 0 Å². The molecule has 90 valence electrons. The van der Waals surface area contributed by atoms with Crippen molar-refractivity contribution in [1.82, 2.24) is 4.98 Å². The van der Waals surface area contributed by atoms with Gasteiger partial charge in [0, 0.05) is 6.42 Å². The van der Waals surface area contributed by atoms with Crippen molar-refractivity contribution in [1.29, 1.82) is 0 Å². The van der Waals surface area contributed by atoms with E-state index in [4.69, 9.17) is 9.15 Å². The second kappa shape index (κ2) is 4.73. The number of hydrogen-bond donors (Lipinski definition) is 1. The summed E-state index contributed by atoms with van der Waals surface area (Å²) in [6.45, 7) is 0. The van der Waals surface area contributed by atoms with Gasteiger partial charge in [-0.1, -0.05) is 12.2 Å². The number of allylic oxidation sites excluding steroid dienone is 1. The highest BCUT2D eigenvalue weighted by molar-refractivity contribution is 5.81. The Morgan fingerprint density at radius 1 is 1.53 bits per heavy atom. The third-order valence-corrected chi connectivity index (χ3v) is 2.25. The molecule has 1 amide bonds. The summed E-state index contributed by atoms with van der Waals surface area (Å²) in [7, 11) is 2.84. The van der Waals surface area contributed by atoms with Crippen LogP contribution in [0, 0.1) is 0 Å². The zero-order chi connectivity index (χ0) is 12.3. The van der Waals surface area contributed by atoms with Gasteiger partial charge in [-0.25, -0.2) is 10.1 Å². The summed E-state index contributed by atoms with van der Waals surface area (Å²) in [5, 5.41) is 2.95. The molecule has 0 unspecified atom stereocenters. The maximum Gasteiger partial charge on any atom is 0.414 e. The second-order valence-corrected chi connectivity index (χ2v) is 3.27. The van der Waals surface area contributed by atoms with E-state index in [1.165, 1.54) is 7.11 Å². The van der Waals surface area contributed by atoms with Gasteiger partial charge < -0.3 is 13.9 Å². The maximum atomic E-state index is 11.0. The molecule has 0 fully saturated rings. The van der Waals surface area contributed by atoms with Crippen molar-refractivity contribution >= 4 is 23.9 Å². The van der Waals surface area contributed by atoms with Crippen molar-refractivity contribution in [2.45, 2.75) is 6.42 Å². The first-order valence-electron chi connectivity index (χ1n) is 5.00. The summed E-state index contributed by atoms with van der Waals surface area (Å²) in [4.78, 5) is 15.2. The van der Waals surface area contributed by atoms with Crippen molar-refractivity contribution in [3.8, 4) is 0 Å². The van der Waals surface area contributed by atoms with E-state index in [2.05, 4.69) is 15.0 Å². The lowest BCUT2D eigenvalue weighted by Gasteiger charge is -1.98. The number of nitrogens with zero attached hydrogens (tertiary/aromatic N) is 1. The molecule has 1 aliphatic rings. The van der Waals surface area contributed by atoms with Crippen LogP contribution in [0.3, 0.4) is 0 Å². The van der Waals surface area contributed by atoms with E-state index >= 15 is 0 Å². The molecule has 17 heavy (non-hydrogen) atoms. The Labute approximate surface area is 97.2 Å². The molecule has 2 rings (SSSR count). The molecule has 0 atom stereocenters. The van der Waals surface area contributed by atoms with Crippen LogP contribution in [0.1, 0.15) is 6.42 Å². The van der Waals surface area contributed by atoms with E-state index in [0.29, 0.717) is 22.9 Å². The monoisotopic (exact) mass is 236 g/mol. The fraction of sp³-hybridized carbons (Fsp3) is 0.273. The molecule has 0 bridgehead atoms. The molecule has 1 N–H and O–H groups in total. The van der Waals surface area contributed by atoms with Crippen molar-refractivity contribution in [2.24, 2.45) is 0 Å². The number of rotatable bonds is 2. The fourth-order valence-corrected chi connectivity index (χ4v) is 1.44. The minimum atomic E-state index is -0.629. The Balaban J connectivity index is 2.46. The number of amides is 1. The van der Waals surface area contributed by atoms with Gasteiger partial charge >= 0.3 is 12.1 Å². The third-order valence-electron chi connectivity index (χ3n) is 2.25. The number of carbonyl (C=O) groups is 1. The number of hydrogen-bond acceptors (Lipinski definition) is 5. The number of nitrogens with one attached hydrogen (secondary N) is 1. The summed E-state index contributed by atoms with van der Waals surface area (Å²) in [5.41, 5.74) is 0.544. The van der Waals surface area contributed by atoms with Gasteiger partial charge in [0.1, 0.15) is 11.1 Å². The van der Waals surface area contributed by atoms with Crippen LogP contribution in [0.5, 0.6) is 0 Å². The Hall–Kier alpha value is -2.24. The number of aromatic nitrogens is 1. The van der Waals surface area contributed by atoms with E-state index in [-0.39, 0.29) is 6.01 Å². The van der Waals surface area contributed by atoms with Crippen LogP contribution in [-0.2, 0) is 9.47 Å². The maximum absolute atomic E-state index is 11.0. The lowest BCUT2D eigenvalue weighted by molar-refractivity contribution is 0.186. The summed E-state index contributed by atoms with van der Waals surface area (Å²) in [5.74, 6) is 0.687. The van der Waals surface area contributed by atoms with Crippen molar-refractivity contribution in [3.63, 3.8) is 0 Å². The van der Waals surface area contributed by atoms with Crippen LogP contribution in [0.15, 0.2) is 16.6 Å². The molecule has 0 spiro atoms. The first-order valence-corrected chi connectivity index (χ1v) is 5.00. The van der Waals surface area contributed by atoms with Gasteiger partial charge in [0.05, 0.1) is 14.2 Å². The third kappa shape index (κ3) is 2.30. The lowest BCUT2D eigenvalue weighted by Crippen LogP contribution is -2.25. The summed E-state index contributed by atoms with van der Waals surface area (Å²) >= 11 is 0. The predicted octanol–water partition coefficient (Wildman–Crippen LogP) is 0.348. The largest absolute Gasteiger partial charge is 0.498 e. The first-order chi connectivity index (χ1) is 8.24. The minimum Gasteiger partial charge on any atom is -0.498 e. The molecule has 1 aromatic heterocycles. The molecule has 0 aliphatic heterocycles. The summed E-state index contributed by atoms with van der Waals surface area (Å²) in [6.07, 6.45) is 5.54. The Kier molecular flexibility index (Phi) is 3.13. The molecule has 0 saturated heterocycles. The molecule has 0 aromatic carbocycles. The van der Waals surface area contributed by atoms with E-state index in [1.54, 1.807) is 13.2 Å². The van der Waals surface area contributed by atoms with Crippen LogP contribution in [0.2, 0.25) is 0 Å². The van der Waals surface area contributed by atoms with Crippen molar-refractivity contribution < 1.29 is 18.7 Å². The van der Waals surface area contributed by atoms with Crippen LogP contribution in [0.4, 0.5) is 10.8 Å². The van der Waals surface area contributed by atoms with Crippen LogP contribution in [0.25, 0.3) is 11.8 Å². The molecular formula is C11H12N2O4. The highest BCUT2D eigenvalue weighted by Crippen LogP contribution is 2.05. The number of fused-ring (bicyclic) bond motifs is 1. The Morgan fingerprint density at radius 3 is 3.06 bits per heavy atom. The standard InChI is InChI=1S/C11H12N2O4/c1-15-7-5-3-4-6-8-9(7)12-10(17-8)13-11(14)16-2/h3-4,6H,5H2,1-2H3,(H,12,13,14). The minimum absolute atomic E-state index is 0.0861. The second-order valence-electron chi connectivity index (χ2n) is 3.27. The van der Waals surface area contributed by atoms with Crippen LogP contribution in [-0.4, -0.2) is 25.3 Å². The van der Waals surface area contributed by atoms with Gasteiger partial charge in [0.15, 0.2) is 5.42 Å². The highest BCUT2D eigenvalue weighted by atomic mass is 16.5. The van der Waals surface area contributed by atoms with Gasteiger partial charge in [-0.2, -0.15) is 4.98 Å². The van der Waals surface area contributed by atoms with Crippen LogP contribution >= 0.6 is 0 Å². The number of carbonyl (C=O) groups excluding carboxylic acids is 1. The molecule has 0 radical (unpaired) electrons. The van der Waals surface area contributed by atoms with Gasteiger partial charge in [0.2, 0.25) is 0 Å². The predicted molar refractivity (Wildman–Crippen MR) is 60.4 cm³/mol. The number of oxazole rings is 1. The zero-order valence-corrected chi connectivity index (χ0v) is 9.52. The normalized spacial score (nSPS) is 13.4. The van der Waals surface area contributed by atoms with Gasteiger partial charge in [-0.05, 0) is 6.08 Å². The molecule has 0 saturated carbocycles. The lowest BCUT2D eigenvalue weighted by atomic mass is 10.3. The number of ether oxygens (including phenoxy) is 2. The zero-order valence-electron chi connectivity index (χ0n) is 9.52.